The number of anilines is 1. The number of hydrogen-bond acceptors (Lipinski definition) is 4. The van der Waals surface area contributed by atoms with Crippen LogP contribution in [0.5, 0.6) is 0 Å². The summed E-state index contributed by atoms with van der Waals surface area (Å²) in [7, 11) is 0. The van der Waals surface area contributed by atoms with Crippen LogP contribution >= 0.6 is 27.3 Å². The number of esters is 1. The summed E-state index contributed by atoms with van der Waals surface area (Å²) in [5, 5.41) is 2.79. The van der Waals surface area contributed by atoms with Crippen LogP contribution in [0.4, 0.5) is 5.69 Å². The first-order valence-corrected chi connectivity index (χ1v) is 8.94. The summed E-state index contributed by atoms with van der Waals surface area (Å²) in [6.07, 6.45) is 2.97. The number of halogens is 1. The molecule has 126 valence electrons. The zero-order chi connectivity index (χ0) is 17.7. The third kappa shape index (κ3) is 5.32. The summed E-state index contributed by atoms with van der Waals surface area (Å²) >= 11 is 4.86. The normalized spacial score (nSPS) is 10.8. The minimum atomic E-state index is -0.549. The van der Waals surface area contributed by atoms with E-state index in [1.54, 1.807) is 6.08 Å². The van der Waals surface area contributed by atoms with Gasteiger partial charge in [0.1, 0.15) is 0 Å². The van der Waals surface area contributed by atoms with Crippen molar-refractivity contribution in [2.75, 3.05) is 11.9 Å². The Morgan fingerprint density at radius 2 is 1.88 bits per heavy atom. The van der Waals surface area contributed by atoms with Crippen LogP contribution in [0.3, 0.4) is 0 Å². The molecular weight excluding hydrogens is 390 g/mol. The van der Waals surface area contributed by atoms with Crippen molar-refractivity contribution in [3.8, 4) is 0 Å². The van der Waals surface area contributed by atoms with Gasteiger partial charge in [0.25, 0.3) is 5.91 Å². The second-order valence-electron chi connectivity index (χ2n) is 5.40. The van der Waals surface area contributed by atoms with E-state index in [2.05, 4.69) is 21.2 Å². The molecule has 1 N–H and O–H groups in total. The molecule has 1 heterocycles. The zero-order valence-corrected chi connectivity index (χ0v) is 16.1. The first-order valence-electron chi connectivity index (χ1n) is 7.33. The second kappa shape index (κ2) is 8.26. The smallest absolute Gasteiger partial charge is 0.331 e. The summed E-state index contributed by atoms with van der Waals surface area (Å²) in [4.78, 5) is 24.6. The number of ether oxygens (including phenoxy) is 1. The standard InChI is InChI=1S/C18H18BrNO3S/c1-11-8-12(2)18(13(3)9-11)20-16(21)10-23-17(22)7-5-14-4-6-15(19)24-14/h4-9H,10H2,1-3H3,(H,20,21)/b7-5+. The zero-order valence-electron chi connectivity index (χ0n) is 13.7. The maximum atomic E-state index is 12.0. The lowest BCUT2D eigenvalue weighted by Gasteiger charge is -2.12. The van der Waals surface area contributed by atoms with Crippen LogP contribution < -0.4 is 5.32 Å². The molecule has 6 heteroatoms. The van der Waals surface area contributed by atoms with Crippen molar-refractivity contribution in [1.82, 2.24) is 0 Å². The Hall–Kier alpha value is -1.92. The van der Waals surface area contributed by atoms with Crippen molar-refractivity contribution in [1.29, 1.82) is 0 Å². The fraction of sp³-hybridized carbons (Fsp3) is 0.222. The number of thiophene rings is 1. The molecule has 0 aliphatic rings. The molecule has 24 heavy (non-hydrogen) atoms. The first-order chi connectivity index (χ1) is 11.3. The molecule has 0 aliphatic heterocycles. The summed E-state index contributed by atoms with van der Waals surface area (Å²) in [6.45, 7) is 5.56. The number of carbonyl (C=O) groups is 2. The molecule has 0 atom stereocenters. The summed E-state index contributed by atoms with van der Waals surface area (Å²) in [5.74, 6) is -0.905. The molecule has 0 bridgehead atoms. The van der Waals surface area contributed by atoms with Crippen molar-refractivity contribution in [3.05, 3.63) is 55.7 Å². The minimum Gasteiger partial charge on any atom is -0.452 e. The number of aryl methyl sites for hydroxylation is 3. The van der Waals surface area contributed by atoms with Crippen molar-refractivity contribution in [2.45, 2.75) is 20.8 Å². The van der Waals surface area contributed by atoms with Crippen LogP contribution in [0.1, 0.15) is 21.6 Å². The van der Waals surface area contributed by atoms with E-state index in [-0.39, 0.29) is 12.5 Å². The average molecular weight is 408 g/mol. The SMILES string of the molecule is Cc1cc(C)c(NC(=O)COC(=O)/C=C/c2ccc(Br)s2)c(C)c1. The Balaban J connectivity index is 1.87. The molecule has 0 aliphatic carbocycles. The van der Waals surface area contributed by atoms with Crippen molar-refractivity contribution in [2.24, 2.45) is 0 Å². The molecule has 0 radical (unpaired) electrons. The molecule has 1 aromatic heterocycles. The number of amides is 1. The van der Waals surface area contributed by atoms with Gasteiger partial charge in [0.05, 0.1) is 3.79 Å². The third-order valence-corrected chi connectivity index (χ3v) is 4.85. The molecule has 0 saturated heterocycles. The van der Waals surface area contributed by atoms with E-state index in [9.17, 15) is 9.59 Å². The Kier molecular flexibility index (Phi) is 6.34. The summed E-state index contributed by atoms with van der Waals surface area (Å²) in [5.41, 5.74) is 3.87. The highest BCUT2D eigenvalue weighted by atomic mass is 79.9. The van der Waals surface area contributed by atoms with Gasteiger partial charge >= 0.3 is 5.97 Å². The molecule has 0 saturated carbocycles. The lowest BCUT2D eigenvalue weighted by molar-refractivity contribution is -0.142. The van der Waals surface area contributed by atoms with Gasteiger partial charge in [-0.25, -0.2) is 4.79 Å². The topological polar surface area (TPSA) is 55.4 Å². The van der Waals surface area contributed by atoms with E-state index >= 15 is 0 Å². The van der Waals surface area contributed by atoms with E-state index in [1.165, 1.54) is 17.4 Å². The van der Waals surface area contributed by atoms with E-state index in [0.29, 0.717) is 0 Å². The van der Waals surface area contributed by atoms with Gasteiger partial charge in [-0.3, -0.25) is 4.79 Å². The molecule has 1 aromatic carbocycles. The van der Waals surface area contributed by atoms with Gasteiger partial charge in [-0.2, -0.15) is 0 Å². The number of benzene rings is 1. The largest absolute Gasteiger partial charge is 0.452 e. The van der Waals surface area contributed by atoms with Gasteiger partial charge in [-0.1, -0.05) is 17.7 Å². The molecule has 0 spiro atoms. The highest BCUT2D eigenvalue weighted by molar-refractivity contribution is 9.11. The van der Waals surface area contributed by atoms with E-state index in [1.807, 2.05) is 45.0 Å². The van der Waals surface area contributed by atoms with E-state index in [0.717, 1.165) is 31.0 Å². The van der Waals surface area contributed by atoms with Crippen molar-refractivity contribution in [3.63, 3.8) is 0 Å². The molecular formula is C18H18BrNO3S. The molecule has 1 amide bonds. The predicted octanol–water partition coefficient (Wildman–Crippen LogP) is 4.63. The van der Waals surface area contributed by atoms with Crippen molar-refractivity contribution < 1.29 is 14.3 Å². The van der Waals surface area contributed by atoms with Gasteiger partial charge in [0, 0.05) is 16.6 Å². The summed E-state index contributed by atoms with van der Waals surface area (Å²) in [6, 6.07) is 7.77. The van der Waals surface area contributed by atoms with Gasteiger partial charge in [0.15, 0.2) is 6.61 Å². The fourth-order valence-electron chi connectivity index (χ4n) is 2.31. The molecule has 0 fully saturated rings. The fourth-order valence-corrected chi connectivity index (χ4v) is 3.63. The number of carbonyl (C=O) groups excluding carboxylic acids is 2. The van der Waals surface area contributed by atoms with Crippen LogP contribution in [-0.2, 0) is 14.3 Å². The van der Waals surface area contributed by atoms with Crippen molar-refractivity contribution >= 4 is 50.9 Å². The maximum Gasteiger partial charge on any atom is 0.331 e. The first kappa shape index (κ1) is 18.4. The lowest BCUT2D eigenvalue weighted by atomic mass is 10.1. The Morgan fingerprint density at radius 1 is 1.21 bits per heavy atom. The highest BCUT2D eigenvalue weighted by Gasteiger charge is 2.10. The number of rotatable bonds is 5. The van der Waals surface area contributed by atoms with Gasteiger partial charge in [-0.05, 0) is 66.0 Å². The predicted molar refractivity (Wildman–Crippen MR) is 101 cm³/mol. The monoisotopic (exact) mass is 407 g/mol. The quantitative estimate of drug-likeness (QED) is 0.580. The third-order valence-electron chi connectivity index (χ3n) is 3.26. The average Bonchev–Trinajstić information content (AvgIpc) is 2.92. The second-order valence-corrected chi connectivity index (χ2v) is 7.90. The van der Waals surface area contributed by atoms with Crippen LogP contribution in [0.15, 0.2) is 34.1 Å². The molecule has 0 unspecified atom stereocenters. The van der Waals surface area contributed by atoms with Gasteiger partial charge < -0.3 is 10.1 Å². The van der Waals surface area contributed by atoms with Crippen LogP contribution in [0.2, 0.25) is 0 Å². The van der Waals surface area contributed by atoms with E-state index < -0.39 is 5.97 Å². The number of hydrogen-bond donors (Lipinski definition) is 1. The Morgan fingerprint density at radius 3 is 2.46 bits per heavy atom. The van der Waals surface area contributed by atoms with Crippen LogP contribution in [-0.4, -0.2) is 18.5 Å². The van der Waals surface area contributed by atoms with Gasteiger partial charge in [0.2, 0.25) is 0 Å². The van der Waals surface area contributed by atoms with Gasteiger partial charge in [-0.15, -0.1) is 11.3 Å². The van der Waals surface area contributed by atoms with Crippen LogP contribution in [0, 0.1) is 20.8 Å². The maximum absolute atomic E-state index is 12.0. The Labute approximate surface area is 153 Å². The lowest BCUT2D eigenvalue weighted by Crippen LogP contribution is -2.21. The summed E-state index contributed by atoms with van der Waals surface area (Å²) < 4.78 is 5.95. The Bertz CT molecular complexity index is 772. The molecule has 2 rings (SSSR count). The minimum absolute atomic E-state index is 0.315. The molecule has 2 aromatic rings. The van der Waals surface area contributed by atoms with Crippen LogP contribution in [0.25, 0.3) is 6.08 Å². The highest BCUT2D eigenvalue weighted by Crippen LogP contribution is 2.23. The van der Waals surface area contributed by atoms with E-state index in [4.69, 9.17) is 4.74 Å². The molecule has 4 nitrogen and oxygen atoms in total. The number of nitrogens with one attached hydrogen (secondary N) is 1.